The van der Waals surface area contributed by atoms with Crippen LogP contribution in [0.3, 0.4) is 0 Å². The maximum atomic E-state index is 12.5. The molecular formula is C16H24N2O5S2. The summed E-state index contributed by atoms with van der Waals surface area (Å²) >= 11 is 0. The van der Waals surface area contributed by atoms with Gasteiger partial charge in [-0.15, -0.1) is 0 Å². The first-order chi connectivity index (χ1) is 11.6. The molecule has 1 heterocycles. The van der Waals surface area contributed by atoms with Gasteiger partial charge in [0.1, 0.15) is 0 Å². The molecule has 7 nitrogen and oxygen atoms in total. The SMILES string of the molecule is CCN(CC)S(=O)(=O)c1ccc(C(=O)N(C)[C@@H]2CCS(=O)(=O)C2)cc1. The number of sulfone groups is 1. The quantitative estimate of drug-likeness (QED) is 0.724. The number of nitrogens with zero attached hydrogens (tertiary/aromatic N) is 2. The van der Waals surface area contributed by atoms with Gasteiger partial charge in [0.15, 0.2) is 9.84 Å². The van der Waals surface area contributed by atoms with E-state index in [2.05, 4.69) is 0 Å². The minimum atomic E-state index is -3.57. The summed E-state index contributed by atoms with van der Waals surface area (Å²) in [6, 6.07) is 5.44. The Bertz CT molecular complexity index is 828. The van der Waals surface area contributed by atoms with Crippen LogP contribution in [0.5, 0.6) is 0 Å². The Morgan fingerprint density at radius 3 is 2.16 bits per heavy atom. The molecule has 1 aliphatic rings. The Hall–Kier alpha value is -1.45. The molecule has 1 aromatic rings. The van der Waals surface area contributed by atoms with E-state index in [-0.39, 0.29) is 28.4 Å². The molecule has 2 rings (SSSR count). The Morgan fingerprint density at radius 2 is 1.72 bits per heavy atom. The number of sulfonamides is 1. The van der Waals surface area contributed by atoms with Crippen LogP contribution >= 0.6 is 0 Å². The molecule has 25 heavy (non-hydrogen) atoms. The van der Waals surface area contributed by atoms with Crippen molar-refractivity contribution in [3.63, 3.8) is 0 Å². The molecule has 1 aliphatic heterocycles. The largest absolute Gasteiger partial charge is 0.338 e. The van der Waals surface area contributed by atoms with Gasteiger partial charge in [0.25, 0.3) is 5.91 Å². The van der Waals surface area contributed by atoms with Crippen LogP contribution in [0, 0.1) is 0 Å². The Balaban J connectivity index is 2.18. The van der Waals surface area contributed by atoms with Gasteiger partial charge < -0.3 is 4.90 Å². The summed E-state index contributed by atoms with van der Waals surface area (Å²) < 4.78 is 49.4. The van der Waals surface area contributed by atoms with Crippen LogP contribution in [-0.2, 0) is 19.9 Å². The highest BCUT2D eigenvalue weighted by atomic mass is 32.2. The van der Waals surface area contributed by atoms with E-state index in [9.17, 15) is 21.6 Å². The topological polar surface area (TPSA) is 91.8 Å². The van der Waals surface area contributed by atoms with Gasteiger partial charge in [-0.3, -0.25) is 4.79 Å². The minimum absolute atomic E-state index is 0.0241. The third kappa shape index (κ3) is 4.21. The molecule has 1 aromatic carbocycles. The standard InChI is InChI=1S/C16H24N2O5S2/c1-4-18(5-2)25(22,23)15-8-6-13(7-9-15)16(19)17(3)14-10-11-24(20,21)12-14/h6-9,14H,4-5,10-12H2,1-3H3/t14-/m1/s1. The highest BCUT2D eigenvalue weighted by Gasteiger charge is 2.33. The first-order valence-corrected chi connectivity index (χ1v) is 11.5. The van der Waals surface area contributed by atoms with Crippen LogP contribution in [0.25, 0.3) is 0 Å². The third-order valence-corrected chi connectivity index (χ3v) is 8.34. The van der Waals surface area contributed by atoms with E-state index in [0.717, 1.165) is 0 Å². The Labute approximate surface area is 149 Å². The lowest BCUT2D eigenvalue weighted by Gasteiger charge is -2.23. The Kier molecular flexibility index (Phi) is 5.90. The number of hydrogen-bond donors (Lipinski definition) is 0. The van der Waals surface area contributed by atoms with Gasteiger partial charge in [-0.25, -0.2) is 16.8 Å². The molecule has 0 spiro atoms. The second-order valence-corrected chi connectivity index (χ2v) is 10.3. The van der Waals surface area contributed by atoms with Gasteiger partial charge in [-0.05, 0) is 30.7 Å². The normalized spacial score (nSPS) is 19.9. The number of benzene rings is 1. The predicted octanol–water partition coefficient (Wildman–Crippen LogP) is 0.976. The minimum Gasteiger partial charge on any atom is -0.338 e. The lowest BCUT2D eigenvalue weighted by molar-refractivity contribution is 0.0747. The number of carbonyl (C=O) groups excluding carboxylic acids is 1. The molecule has 9 heteroatoms. The monoisotopic (exact) mass is 388 g/mol. The van der Waals surface area contributed by atoms with Crippen LogP contribution in [0.15, 0.2) is 29.2 Å². The second-order valence-electron chi connectivity index (χ2n) is 6.09. The molecule has 1 fully saturated rings. The summed E-state index contributed by atoms with van der Waals surface area (Å²) in [6.07, 6.45) is 0.430. The van der Waals surface area contributed by atoms with Crippen molar-refractivity contribution < 1.29 is 21.6 Å². The van der Waals surface area contributed by atoms with Crippen LogP contribution < -0.4 is 0 Å². The summed E-state index contributed by atoms with van der Waals surface area (Å²) in [6.45, 7) is 4.28. The molecule has 0 unspecified atom stereocenters. The maximum absolute atomic E-state index is 12.5. The number of hydrogen-bond acceptors (Lipinski definition) is 5. The van der Waals surface area contributed by atoms with Crippen LogP contribution in [0.1, 0.15) is 30.6 Å². The van der Waals surface area contributed by atoms with Crippen molar-refractivity contribution in [2.24, 2.45) is 0 Å². The molecule has 1 atom stereocenters. The summed E-state index contributed by atoms with van der Waals surface area (Å²) in [5, 5.41) is 0. The molecule has 140 valence electrons. The van der Waals surface area contributed by atoms with Crippen molar-refractivity contribution in [3.05, 3.63) is 29.8 Å². The van der Waals surface area contributed by atoms with Crippen LogP contribution in [0.2, 0.25) is 0 Å². The highest BCUT2D eigenvalue weighted by Crippen LogP contribution is 2.20. The van der Waals surface area contributed by atoms with Gasteiger partial charge >= 0.3 is 0 Å². The summed E-state index contributed by atoms with van der Waals surface area (Å²) in [5.74, 6) is -0.242. The number of carbonyl (C=O) groups is 1. The van der Waals surface area contributed by atoms with Crippen molar-refractivity contribution >= 4 is 25.8 Å². The fourth-order valence-electron chi connectivity index (χ4n) is 2.93. The third-order valence-electron chi connectivity index (χ3n) is 4.52. The molecule has 0 bridgehead atoms. The molecule has 0 aromatic heterocycles. The first-order valence-electron chi connectivity index (χ1n) is 8.20. The molecule has 0 radical (unpaired) electrons. The molecule has 0 N–H and O–H groups in total. The zero-order valence-electron chi connectivity index (χ0n) is 14.7. The van der Waals surface area contributed by atoms with Crippen molar-refractivity contribution in [3.8, 4) is 0 Å². The molecule has 0 saturated carbocycles. The fraction of sp³-hybridized carbons (Fsp3) is 0.562. The average molecular weight is 389 g/mol. The van der Waals surface area contributed by atoms with Crippen molar-refractivity contribution in [2.75, 3.05) is 31.6 Å². The molecular weight excluding hydrogens is 364 g/mol. The van der Waals surface area contributed by atoms with Gasteiger partial charge in [0.05, 0.1) is 16.4 Å². The lowest BCUT2D eigenvalue weighted by Crippen LogP contribution is -2.37. The highest BCUT2D eigenvalue weighted by molar-refractivity contribution is 7.91. The molecule has 1 amide bonds. The van der Waals surface area contributed by atoms with E-state index in [1.165, 1.54) is 33.5 Å². The van der Waals surface area contributed by atoms with Crippen LogP contribution in [0.4, 0.5) is 0 Å². The van der Waals surface area contributed by atoms with Crippen molar-refractivity contribution in [1.82, 2.24) is 9.21 Å². The summed E-state index contributed by atoms with van der Waals surface area (Å²) in [7, 11) is -5.06. The van der Waals surface area contributed by atoms with E-state index in [1.807, 2.05) is 0 Å². The predicted molar refractivity (Wildman–Crippen MR) is 95.7 cm³/mol. The number of amides is 1. The second kappa shape index (κ2) is 7.43. The molecule has 1 saturated heterocycles. The van der Waals surface area contributed by atoms with Gasteiger partial charge in [-0.2, -0.15) is 4.31 Å². The van der Waals surface area contributed by atoms with E-state index in [1.54, 1.807) is 20.9 Å². The van der Waals surface area contributed by atoms with E-state index in [4.69, 9.17) is 0 Å². The van der Waals surface area contributed by atoms with Crippen molar-refractivity contribution in [2.45, 2.75) is 31.2 Å². The molecule has 0 aliphatic carbocycles. The van der Waals surface area contributed by atoms with Crippen molar-refractivity contribution in [1.29, 1.82) is 0 Å². The number of rotatable bonds is 6. The summed E-state index contributed by atoms with van der Waals surface area (Å²) in [4.78, 5) is 14.1. The summed E-state index contributed by atoms with van der Waals surface area (Å²) in [5.41, 5.74) is 0.338. The lowest BCUT2D eigenvalue weighted by atomic mass is 10.1. The van der Waals surface area contributed by atoms with E-state index in [0.29, 0.717) is 25.1 Å². The maximum Gasteiger partial charge on any atom is 0.253 e. The zero-order valence-corrected chi connectivity index (χ0v) is 16.3. The zero-order chi connectivity index (χ0) is 18.8. The first kappa shape index (κ1) is 19.9. The van der Waals surface area contributed by atoms with Gasteiger partial charge in [0, 0.05) is 31.7 Å². The van der Waals surface area contributed by atoms with E-state index < -0.39 is 19.9 Å². The van der Waals surface area contributed by atoms with Gasteiger partial charge in [0.2, 0.25) is 10.0 Å². The fourth-order valence-corrected chi connectivity index (χ4v) is 6.16. The smallest absolute Gasteiger partial charge is 0.253 e. The van der Waals surface area contributed by atoms with E-state index >= 15 is 0 Å². The van der Waals surface area contributed by atoms with Crippen LogP contribution in [-0.4, -0.2) is 69.6 Å². The average Bonchev–Trinajstić information content (AvgIpc) is 2.94. The van der Waals surface area contributed by atoms with Gasteiger partial charge in [-0.1, -0.05) is 13.8 Å². The Morgan fingerprint density at radius 1 is 1.16 bits per heavy atom.